The number of rotatable bonds is 4. The first-order chi connectivity index (χ1) is 10.4. The molecule has 0 atom stereocenters. The van der Waals surface area contributed by atoms with Crippen molar-refractivity contribution in [1.82, 2.24) is 4.98 Å². The van der Waals surface area contributed by atoms with Gasteiger partial charge in [-0.05, 0) is 12.1 Å². The van der Waals surface area contributed by atoms with Gasteiger partial charge in [0.1, 0.15) is 10.9 Å². The summed E-state index contributed by atoms with van der Waals surface area (Å²) >= 11 is 17.4. The lowest BCUT2D eigenvalue weighted by molar-refractivity contribution is -0.384. The van der Waals surface area contributed by atoms with E-state index in [2.05, 4.69) is 15.5 Å². The van der Waals surface area contributed by atoms with Crippen molar-refractivity contribution in [2.45, 2.75) is 0 Å². The average Bonchev–Trinajstić information content (AvgIpc) is 2.46. The molecule has 1 aromatic heterocycles. The van der Waals surface area contributed by atoms with Gasteiger partial charge in [0.25, 0.3) is 5.69 Å². The number of non-ortho nitro benzene ring substituents is 1. The number of hydrogen-bond acceptors (Lipinski definition) is 6. The molecule has 0 spiro atoms. The highest BCUT2D eigenvalue weighted by Crippen LogP contribution is 2.29. The molecule has 0 bridgehead atoms. The molecule has 1 heterocycles. The maximum absolute atomic E-state index is 10.7. The average molecular weight is 362 g/mol. The number of hydrazone groups is 1. The molecular weight excluding hydrogens is 355 g/mol. The minimum Gasteiger partial charge on any atom is -0.507 e. The number of aromatic nitrogens is 1. The van der Waals surface area contributed by atoms with Gasteiger partial charge in [-0.1, -0.05) is 34.8 Å². The number of nitro benzene ring substituents is 1. The van der Waals surface area contributed by atoms with E-state index < -0.39 is 4.92 Å². The molecule has 0 radical (unpaired) electrons. The standard InChI is InChI=1S/C12H7Cl3N4O3/c13-8-4-9(14)12(17-11(8)15)18-16-5-6-3-7(19(21)22)1-2-10(6)20/h1-5,20H,(H,17,18)/b16-5-. The highest BCUT2D eigenvalue weighted by atomic mass is 35.5. The summed E-state index contributed by atoms with van der Waals surface area (Å²) in [7, 11) is 0. The zero-order valence-corrected chi connectivity index (χ0v) is 12.9. The van der Waals surface area contributed by atoms with Gasteiger partial charge in [0.05, 0.1) is 21.2 Å². The second-order valence-corrected chi connectivity index (χ2v) is 5.13. The monoisotopic (exact) mass is 360 g/mol. The van der Waals surface area contributed by atoms with Crippen molar-refractivity contribution in [3.8, 4) is 5.75 Å². The molecule has 1 aromatic carbocycles. The van der Waals surface area contributed by atoms with Crippen molar-refractivity contribution in [1.29, 1.82) is 0 Å². The molecule has 114 valence electrons. The summed E-state index contributed by atoms with van der Waals surface area (Å²) in [5.74, 6) is -0.0124. The number of phenolic OH excluding ortho intramolecular Hbond substituents is 1. The number of phenols is 1. The van der Waals surface area contributed by atoms with Gasteiger partial charge in [-0.3, -0.25) is 15.5 Å². The number of nitrogens with zero attached hydrogens (tertiary/aromatic N) is 3. The minimum atomic E-state index is -0.582. The van der Waals surface area contributed by atoms with Crippen LogP contribution in [0.15, 0.2) is 29.4 Å². The molecule has 0 fully saturated rings. The Morgan fingerprint density at radius 3 is 2.68 bits per heavy atom. The van der Waals surface area contributed by atoms with E-state index in [1.807, 2.05) is 0 Å². The van der Waals surface area contributed by atoms with Crippen LogP contribution in [0.4, 0.5) is 11.5 Å². The summed E-state index contributed by atoms with van der Waals surface area (Å²) in [6.07, 6.45) is 1.18. The van der Waals surface area contributed by atoms with Gasteiger partial charge in [-0.15, -0.1) is 0 Å². The number of benzene rings is 1. The van der Waals surface area contributed by atoms with Crippen LogP contribution in [-0.4, -0.2) is 21.2 Å². The first kappa shape index (κ1) is 16.3. The molecule has 10 heteroatoms. The lowest BCUT2D eigenvalue weighted by Crippen LogP contribution is -1.96. The summed E-state index contributed by atoms with van der Waals surface area (Å²) in [6, 6.07) is 4.94. The van der Waals surface area contributed by atoms with E-state index in [4.69, 9.17) is 34.8 Å². The lowest BCUT2D eigenvalue weighted by Gasteiger charge is -2.04. The molecule has 0 aliphatic rings. The Balaban J connectivity index is 2.21. The molecule has 0 aliphatic heterocycles. The third kappa shape index (κ3) is 3.76. The second kappa shape index (κ2) is 6.78. The Bertz CT molecular complexity index is 768. The fourth-order valence-corrected chi connectivity index (χ4v) is 1.98. The van der Waals surface area contributed by atoms with E-state index >= 15 is 0 Å². The summed E-state index contributed by atoms with van der Waals surface area (Å²) in [5.41, 5.74) is 2.48. The van der Waals surface area contributed by atoms with Gasteiger partial charge in [-0.2, -0.15) is 5.10 Å². The predicted molar refractivity (Wildman–Crippen MR) is 85.2 cm³/mol. The first-order valence-electron chi connectivity index (χ1n) is 5.66. The van der Waals surface area contributed by atoms with Gasteiger partial charge in [0.15, 0.2) is 5.82 Å². The van der Waals surface area contributed by atoms with E-state index in [9.17, 15) is 15.2 Å². The third-order valence-corrected chi connectivity index (χ3v) is 3.44. The molecule has 0 unspecified atom stereocenters. The van der Waals surface area contributed by atoms with Crippen LogP contribution in [0.5, 0.6) is 5.75 Å². The Kier molecular flexibility index (Phi) is 5.02. The number of aromatic hydroxyl groups is 1. The van der Waals surface area contributed by atoms with E-state index in [0.29, 0.717) is 0 Å². The Morgan fingerprint density at radius 2 is 2.00 bits per heavy atom. The number of nitrogens with one attached hydrogen (secondary N) is 1. The van der Waals surface area contributed by atoms with Crippen LogP contribution in [0.2, 0.25) is 15.2 Å². The van der Waals surface area contributed by atoms with E-state index in [-0.39, 0.29) is 38.0 Å². The van der Waals surface area contributed by atoms with Crippen LogP contribution in [0.3, 0.4) is 0 Å². The van der Waals surface area contributed by atoms with Gasteiger partial charge in [-0.25, -0.2) is 4.98 Å². The Morgan fingerprint density at radius 1 is 1.27 bits per heavy atom. The summed E-state index contributed by atoms with van der Waals surface area (Å²) in [5, 5.41) is 24.5. The maximum atomic E-state index is 10.7. The maximum Gasteiger partial charge on any atom is 0.270 e. The van der Waals surface area contributed by atoms with Crippen LogP contribution >= 0.6 is 34.8 Å². The summed E-state index contributed by atoms with van der Waals surface area (Å²) in [4.78, 5) is 14.0. The van der Waals surface area contributed by atoms with Gasteiger partial charge in [0.2, 0.25) is 0 Å². The van der Waals surface area contributed by atoms with Crippen molar-refractivity contribution in [3.63, 3.8) is 0 Å². The number of hydrogen-bond donors (Lipinski definition) is 2. The molecular formula is C12H7Cl3N4O3. The summed E-state index contributed by atoms with van der Waals surface area (Å²) in [6.45, 7) is 0. The molecule has 0 saturated carbocycles. The van der Waals surface area contributed by atoms with Gasteiger partial charge < -0.3 is 5.11 Å². The zero-order valence-electron chi connectivity index (χ0n) is 10.6. The molecule has 0 amide bonds. The first-order valence-corrected chi connectivity index (χ1v) is 6.80. The molecule has 2 N–H and O–H groups in total. The highest BCUT2D eigenvalue weighted by molar-refractivity contribution is 6.42. The number of anilines is 1. The molecule has 0 saturated heterocycles. The number of halogens is 3. The fourth-order valence-electron chi connectivity index (χ4n) is 1.44. The molecule has 7 nitrogen and oxygen atoms in total. The lowest BCUT2D eigenvalue weighted by atomic mass is 10.2. The van der Waals surface area contributed by atoms with Crippen LogP contribution in [0, 0.1) is 10.1 Å². The van der Waals surface area contributed by atoms with Crippen molar-refractivity contribution < 1.29 is 10.0 Å². The van der Waals surface area contributed by atoms with E-state index in [1.165, 1.54) is 30.5 Å². The quantitative estimate of drug-likeness (QED) is 0.369. The Labute approximate surface area is 139 Å². The smallest absolute Gasteiger partial charge is 0.270 e. The minimum absolute atomic E-state index is 0.0435. The van der Waals surface area contributed by atoms with Crippen molar-refractivity contribution in [3.05, 3.63) is 55.1 Å². The molecule has 22 heavy (non-hydrogen) atoms. The second-order valence-electron chi connectivity index (χ2n) is 3.96. The van der Waals surface area contributed by atoms with Gasteiger partial charge in [0, 0.05) is 17.7 Å². The molecule has 0 aliphatic carbocycles. The fraction of sp³-hybridized carbons (Fsp3) is 0. The SMILES string of the molecule is O=[N+]([O-])c1ccc(O)c(/C=N\Nc2nc(Cl)c(Cl)cc2Cl)c1. The zero-order chi connectivity index (χ0) is 16.3. The van der Waals surface area contributed by atoms with E-state index in [1.54, 1.807) is 0 Å². The Hall–Kier alpha value is -2.09. The van der Waals surface area contributed by atoms with Gasteiger partial charge >= 0.3 is 0 Å². The number of nitro groups is 1. The molecule has 2 aromatic rings. The van der Waals surface area contributed by atoms with Crippen LogP contribution < -0.4 is 5.43 Å². The highest BCUT2D eigenvalue weighted by Gasteiger charge is 2.09. The van der Waals surface area contributed by atoms with E-state index in [0.717, 1.165) is 0 Å². The van der Waals surface area contributed by atoms with Crippen LogP contribution in [-0.2, 0) is 0 Å². The van der Waals surface area contributed by atoms with Crippen LogP contribution in [0.1, 0.15) is 5.56 Å². The third-order valence-electron chi connectivity index (χ3n) is 2.48. The normalized spacial score (nSPS) is 10.9. The van der Waals surface area contributed by atoms with Crippen molar-refractivity contribution in [2.75, 3.05) is 5.43 Å². The summed E-state index contributed by atoms with van der Waals surface area (Å²) < 4.78 is 0. The number of pyridine rings is 1. The topological polar surface area (TPSA) is 101 Å². The largest absolute Gasteiger partial charge is 0.507 e. The predicted octanol–water partition coefficient (Wildman–Crippen LogP) is 4.10. The van der Waals surface area contributed by atoms with Crippen molar-refractivity contribution >= 4 is 52.5 Å². The van der Waals surface area contributed by atoms with Crippen LogP contribution in [0.25, 0.3) is 0 Å². The van der Waals surface area contributed by atoms with Crippen molar-refractivity contribution in [2.24, 2.45) is 5.10 Å². The molecule has 2 rings (SSSR count).